The predicted octanol–water partition coefficient (Wildman–Crippen LogP) is 3.27. The first kappa shape index (κ1) is 16.7. The third-order valence-corrected chi connectivity index (χ3v) is 3.87. The summed E-state index contributed by atoms with van der Waals surface area (Å²) < 4.78 is 0. The van der Waals surface area contributed by atoms with E-state index in [0.717, 1.165) is 6.42 Å². The second kappa shape index (κ2) is 6.40. The van der Waals surface area contributed by atoms with E-state index in [1.54, 1.807) is 0 Å². The van der Waals surface area contributed by atoms with Crippen molar-refractivity contribution in [2.75, 3.05) is 6.61 Å². The average molecular weight is 277 g/mol. The zero-order chi connectivity index (χ0) is 15.4. The van der Waals surface area contributed by atoms with Crippen LogP contribution in [0.15, 0.2) is 24.3 Å². The van der Waals surface area contributed by atoms with Crippen LogP contribution in [0.25, 0.3) is 0 Å². The van der Waals surface area contributed by atoms with Gasteiger partial charge >= 0.3 is 0 Å². The van der Waals surface area contributed by atoms with Crippen molar-refractivity contribution in [1.29, 1.82) is 0 Å². The van der Waals surface area contributed by atoms with Gasteiger partial charge in [-0.05, 0) is 42.9 Å². The molecule has 1 aromatic carbocycles. The van der Waals surface area contributed by atoms with Crippen molar-refractivity contribution in [1.82, 2.24) is 5.32 Å². The molecule has 0 bridgehead atoms. The lowest BCUT2D eigenvalue weighted by atomic mass is 9.86. The zero-order valence-corrected chi connectivity index (χ0v) is 13.3. The molecule has 0 aliphatic rings. The van der Waals surface area contributed by atoms with Gasteiger partial charge in [0.15, 0.2) is 0 Å². The van der Waals surface area contributed by atoms with Crippen LogP contribution in [0.2, 0.25) is 0 Å². The number of nitrogens with one attached hydrogen (secondary N) is 1. The Labute approximate surface area is 122 Å². The molecule has 0 saturated carbocycles. The van der Waals surface area contributed by atoms with E-state index in [0.29, 0.717) is 12.0 Å². The topological polar surface area (TPSA) is 49.3 Å². The van der Waals surface area contributed by atoms with Crippen molar-refractivity contribution in [3.8, 4) is 0 Å². The average Bonchev–Trinajstić information content (AvgIpc) is 2.38. The first-order valence-corrected chi connectivity index (χ1v) is 7.26. The molecule has 1 unspecified atom stereocenters. The fraction of sp³-hybridized carbons (Fsp3) is 0.588. The second-order valence-electron chi connectivity index (χ2n) is 6.67. The summed E-state index contributed by atoms with van der Waals surface area (Å²) in [5.74, 6) is -0.0803. The predicted molar refractivity (Wildman–Crippen MR) is 83.0 cm³/mol. The summed E-state index contributed by atoms with van der Waals surface area (Å²) in [6, 6.07) is 7.74. The molecule has 112 valence electrons. The molecule has 2 N–H and O–H groups in total. The van der Waals surface area contributed by atoms with Crippen LogP contribution >= 0.6 is 0 Å². The third kappa shape index (κ3) is 4.34. The summed E-state index contributed by atoms with van der Waals surface area (Å²) in [4.78, 5) is 12.3. The molecule has 0 heterocycles. The second-order valence-corrected chi connectivity index (χ2v) is 6.67. The van der Waals surface area contributed by atoms with E-state index in [4.69, 9.17) is 5.11 Å². The number of rotatable bonds is 5. The Kier molecular flexibility index (Phi) is 5.35. The summed E-state index contributed by atoms with van der Waals surface area (Å²) in [6.45, 7) is 10.5. The van der Waals surface area contributed by atoms with E-state index >= 15 is 0 Å². The number of aliphatic hydroxyl groups excluding tert-OH is 1. The highest BCUT2D eigenvalue weighted by Gasteiger charge is 2.24. The van der Waals surface area contributed by atoms with Gasteiger partial charge in [0, 0.05) is 17.7 Å². The number of aliphatic hydroxyl groups is 1. The van der Waals surface area contributed by atoms with Crippen LogP contribution < -0.4 is 5.32 Å². The summed E-state index contributed by atoms with van der Waals surface area (Å²) in [5.41, 5.74) is 1.61. The Hall–Kier alpha value is -1.35. The van der Waals surface area contributed by atoms with Crippen LogP contribution in [0.4, 0.5) is 0 Å². The molecule has 0 fully saturated rings. The molecule has 20 heavy (non-hydrogen) atoms. The van der Waals surface area contributed by atoms with Crippen molar-refractivity contribution >= 4 is 5.91 Å². The molecule has 0 saturated heterocycles. The molecule has 1 aromatic rings. The number of carbonyl (C=O) groups is 1. The molecule has 1 rings (SSSR count). The lowest BCUT2D eigenvalue weighted by Crippen LogP contribution is -2.46. The van der Waals surface area contributed by atoms with Crippen LogP contribution in [0, 0.1) is 0 Å². The van der Waals surface area contributed by atoms with Crippen LogP contribution in [0.3, 0.4) is 0 Å². The number of hydrogen-bond donors (Lipinski definition) is 2. The fourth-order valence-corrected chi connectivity index (χ4v) is 2.04. The Bertz CT molecular complexity index is 445. The van der Waals surface area contributed by atoms with Gasteiger partial charge in [-0.3, -0.25) is 4.79 Å². The van der Waals surface area contributed by atoms with Crippen molar-refractivity contribution in [3.63, 3.8) is 0 Å². The quantitative estimate of drug-likeness (QED) is 0.868. The Morgan fingerprint density at radius 3 is 2.10 bits per heavy atom. The van der Waals surface area contributed by atoms with Crippen LogP contribution in [0.5, 0.6) is 0 Å². The first-order valence-electron chi connectivity index (χ1n) is 7.26. The van der Waals surface area contributed by atoms with E-state index in [-0.39, 0.29) is 23.5 Å². The monoisotopic (exact) mass is 277 g/mol. The van der Waals surface area contributed by atoms with E-state index in [1.165, 1.54) is 5.56 Å². The SMILES string of the molecule is CCC(C)(CCO)NC(=O)c1ccc(C(C)(C)C)cc1. The van der Waals surface area contributed by atoms with Crippen molar-refractivity contribution in [2.45, 2.75) is 58.4 Å². The molecular weight excluding hydrogens is 250 g/mol. The number of hydrogen-bond acceptors (Lipinski definition) is 2. The summed E-state index contributed by atoms with van der Waals surface area (Å²) in [7, 11) is 0. The van der Waals surface area contributed by atoms with Crippen LogP contribution in [0.1, 0.15) is 63.4 Å². The highest BCUT2D eigenvalue weighted by atomic mass is 16.3. The standard InChI is InChI=1S/C17H27NO2/c1-6-17(5,11-12-19)18-15(20)13-7-9-14(10-8-13)16(2,3)4/h7-10,19H,6,11-12H2,1-5H3,(H,18,20). The zero-order valence-electron chi connectivity index (χ0n) is 13.3. The number of carbonyl (C=O) groups excluding carboxylic acids is 1. The minimum atomic E-state index is -0.353. The molecule has 3 nitrogen and oxygen atoms in total. The van der Waals surface area contributed by atoms with Gasteiger partial charge in [0.05, 0.1) is 0 Å². The highest BCUT2D eigenvalue weighted by molar-refractivity contribution is 5.94. The molecular formula is C17H27NO2. The normalized spacial score (nSPS) is 14.7. The Morgan fingerprint density at radius 1 is 1.15 bits per heavy atom. The van der Waals surface area contributed by atoms with E-state index in [9.17, 15) is 4.79 Å². The van der Waals surface area contributed by atoms with E-state index in [2.05, 4.69) is 26.1 Å². The molecule has 0 spiro atoms. The van der Waals surface area contributed by atoms with Crippen molar-refractivity contribution in [2.24, 2.45) is 0 Å². The van der Waals surface area contributed by atoms with Gasteiger partial charge in [-0.1, -0.05) is 39.8 Å². The van der Waals surface area contributed by atoms with Gasteiger partial charge in [0.1, 0.15) is 0 Å². The molecule has 1 amide bonds. The maximum Gasteiger partial charge on any atom is 0.251 e. The maximum atomic E-state index is 12.3. The molecule has 3 heteroatoms. The van der Waals surface area contributed by atoms with Crippen LogP contribution in [-0.4, -0.2) is 23.2 Å². The summed E-state index contributed by atoms with van der Waals surface area (Å²) >= 11 is 0. The Balaban J connectivity index is 2.83. The van der Waals surface area contributed by atoms with E-state index in [1.807, 2.05) is 38.1 Å². The largest absolute Gasteiger partial charge is 0.396 e. The minimum absolute atomic E-state index is 0.0770. The molecule has 0 radical (unpaired) electrons. The molecule has 0 aliphatic heterocycles. The highest BCUT2D eigenvalue weighted by Crippen LogP contribution is 2.22. The smallest absolute Gasteiger partial charge is 0.251 e. The lowest BCUT2D eigenvalue weighted by Gasteiger charge is -2.29. The van der Waals surface area contributed by atoms with Gasteiger partial charge in [0.25, 0.3) is 5.91 Å². The first-order chi connectivity index (χ1) is 9.22. The van der Waals surface area contributed by atoms with Crippen molar-refractivity contribution in [3.05, 3.63) is 35.4 Å². The van der Waals surface area contributed by atoms with Gasteiger partial charge in [-0.15, -0.1) is 0 Å². The van der Waals surface area contributed by atoms with Crippen LogP contribution in [-0.2, 0) is 5.41 Å². The molecule has 0 aliphatic carbocycles. The van der Waals surface area contributed by atoms with Gasteiger partial charge < -0.3 is 10.4 Å². The maximum absolute atomic E-state index is 12.3. The third-order valence-electron chi connectivity index (χ3n) is 3.87. The van der Waals surface area contributed by atoms with E-state index < -0.39 is 0 Å². The number of benzene rings is 1. The van der Waals surface area contributed by atoms with Gasteiger partial charge in [-0.2, -0.15) is 0 Å². The summed E-state index contributed by atoms with van der Waals surface area (Å²) in [6.07, 6.45) is 1.36. The summed E-state index contributed by atoms with van der Waals surface area (Å²) in [5, 5.41) is 12.1. The molecule has 0 aromatic heterocycles. The minimum Gasteiger partial charge on any atom is -0.396 e. The fourth-order valence-electron chi connectivity index (χ4n) is 2.04. The lowest BCUT2D eigenvalue weighted by molar-refractivity contribution is 0.0886. The molecule has 1 atom stereocenters. The Morgan fingerprint density at radius 2 is 1.70 bits per heavy atom. The number of amides is 1. The van der Waals surface area contributed by atoms with Gasteiger partial charge in [0.2, 0.25) is 0 Å². The van der Waals surface area contributed by atoms with Crippen molar-refractivity contribution < 1.29 is 9.90 Å². The van der Waals surface area contributed by atoms with Gasteiger partial charge in [-0.25, -0.2) is 0 Å².